The van der Waals surface area contributed by atoms with Crippen LogP contribution in [0.5, 0.6) is 5.75 Å². The van der Waals surface area contributed by atoms with Gasteiger partial charge in [-0.15, -0.1) is 11.8 Å². The van der Waals surface area contributed by atoms with Gasteiger partial charge < -0.3 is 13.9 Å². The molecule has 1 aromatic heterocycles. The summed E-state index contributed by atoms with van der Waals surface area (Å²) < 4.78 is 16.8. The van der Waals surface area contributed by atoms with Gasteiger partial charge in [0.1, 0.15) is 11.5 Å². The number of carbonyl (C=O) groups is 2. The van der Waals surface area contributed by atoms with Crippen molar-refractivity contribution >= 4 is 29.1 Å². The summed E-state index contributed by atoms with van der Waals surface area (Å²) in [5.41, 5.74) is 1.15. The van der Waals surface area contributed by atoms with E-state index < -0.39 is 0 Å². The van der Waals surface area contributed by atoms with Crippen LogP contribution in [0, 0.1) is 5.92 Å². The number of ether oxygens (including phenoxy) is 2. The molecule has 0 radical (unpaired) electrons. The van der Waals surface area contributed by atoms with E-state index in [0.29, 0.717) is 47.5 Å². The smallest absolute Gasteiger partial charge is 0.268 e. The molecule has 2 aliphatic heterocycles. The van der Waals surface area contributed by atoms with E-state index in [2.05, 4.69) is 13.8 Å². The maximum Gasteiger partial charge on any atom is 0.268 e. The number of rotatable bonds is 9. The van der Waals surface area contributed by atoms with Crippen LogP contribution in [0.4, 0.5) is 0 Å². The van der Waals surface area contributed by atoms with Crippen molar-refractivity contribution in [1.82, 2.24) is 4.90 Å². The number of hydrogen-bond donors (Lipinski definition) is 0. The van der Waals surface area contributed by atoms with Crippen LogP contribution >= 0.6 is 11.8 Å². The summed E-state index contributed by atoms with van der Waals surface area (Å²) >= 11 is 1.34. The minimum atomic E-state index is -0.265. The third-order valence-corrected chi connectivity index (χ3v) is 6.30. The maximum absolute atomic E-state index is 13.3. The van der Waals surface area contributed by atoms with E-state index in [0.717, 1.165) is 24.4 Å². The number of furan rings is 1. The Morgan fingerprint density at radius 2 is 1.97 bits per heavy atom. The maximum atomic E-state index is 13.3. The third kappa shape index (κ3) is 5.05. The van der Waals surface area contributed by atoms with E-state index in [9.17, 15) is 9.59 Å². The number of carbonyl (C=O) groups excluding carboxylic acids is 2. The van der Waals surface area contributed by atoms with Gasteiger partial charge in [-0.25, -0.2) is 0 Å². The van der Waals surface area contributed by atoms with Gasteiger partial charge in [0, 0.05) is 6.61 Å². The van der Waals surface area contributed by atoms with Gasteiger partial charge in [0.05, 0.1) is 41.7 Å². The second kappa shape index (κ2) is 9.75. The highest BCUT2D eigenvalue weighted by atomic mass is 32.2. The lowest BCUT2D eigenvalue weighted by molar-refractivity contribution is -0.138. The first-order valence-corrected chi connectivity index (χ1v) is 11.6. The minimum Gasteiger partial charge on any atom is -0.493 e. The quantitative estimate of drug-likeness (QED) is 0.534. The molecule has 0 aliphatic carbocycles. The first-order chi connectivity index (χ1) is 15.0. The minimum absolute atomic E-state index is 0.0876. The Balaban J connectivity index is 1.58. The Labute approximate surface area is 186 Å². The zero-order valence-electron chi connectivity index (χ0n) is 17.8. The second-order valence-electron chi connectivity index (χ2n) is 8.16. The Bertz CT molecular complexity index is 943. The van der Waals surface area contributed by atoms with Crippen molar-refractivity contribution in [3.63, 3.8) is 0 Å². The van der Waals surface area contributed by atoms with Crippen molar-refractivity contribution in [1.29, 1.82) is 0 Å². The molecule has 0 saturated carbocycles. The summed E-state index contributed by atoms with van der Waals surface area (Å²) in [6, 6.07) is 11.1. The van der Waals surface area contributed by atoms with E-state index >= 15 is 0 Å². The van der Waals surface area contributed by atoms with E-state index in [1.54, 1.807) is 6.26 Å². The SMILES string of the molecule is CC(C)COc1ccc(C2=C(SCc3ccco3)C(=O)N(CC3CCCO3)C2=O)cc1. The van der Waals surface area contributed by atoms with Crippen molar-refractivity contribution in [3.8, 4) is 5.75 Å². The molecule has 7 heteroatoms. The van der Waals surface area contributed by atoms with E-state index in [1.165, 1.54) is 16.7 Å². The number of imide groups is 1. The number of benzene rings is 1. The number of thioether (sulfide) groups is 1. The lowest BCUT2D eigenvalue weighted by Gasteiger charge is -2.19. The van der Waals surface area contributed by atoms with E-state index in [1.807, 2.05) is 36.4 Å². The van der Waals surface area contributed by atoms with Gasteiger partial charge in [-0.3, -0.25) is 14.5 Å². The zero-order valence-corrected chi connectivity index (χ0v) is 18.7. The first-order valence-electron chi connectivity index (χ1n) is 10.6. The van der Waals surface area contributed by atoms with Crippen molar-refractivity contribution in [2.75, 3.05) is 19.8 Å². The predicted molar refractivity (Wildman–Crippen MR) is 119 cm³/mol. The average molecular weight is 442 g/mol. The van der Waals surface area contributed by atoms with Crippen LogP contribution in [0.3, 0.4) is 0 Å². The van der Waals surface area contributed by atoms with Crippen LogP contribution in [0.15, 0.2) is 52.0 Å². The van der Waals surface area contributed by atoms with Crippen LogP contribution in [-0.4, -0.2) is 42.6 Å². The first kappa shape index (κ1) is 21.7. The summed E-state index contributed by atoms with van der Waals surface area (Å²) in [6.45, 7) is 5.78. The van der Waals surface area contributed by atoms with Gasteiger partial charge >= 0.3 is 0 Å². The summed E-state index contributed by atoms with van der Waals surface area (Å²) in [5.74, 6) is 1.88. The molecular formula is C24H27NO5S. The van der Waals surface area contributed by atoms with Crippen molar-refractivity contribution in [3.05, 3.63) is 58.9 Å². The number of hydrogen-bond acceptors (Lipinski definition) is 6. The topological polar surface area (TPSA) is 69.0 Å². The number of amides is 2. The molecule has 0 spiro atoms. The number of nitrogens with zero attached hydrogens (tertiary/aromatic N) is 1. The second-order valence-corrected chi connectivity index (χ2v) is 9.14. The molecule has 2 aromatic rings. The fraction of sp³-hybridized carbons (Fsp3) is 0.417. The highest BCUT2D eigenvalue weighted by Gasteiger charge is 2.40. The Morgan fingerprint density at radius 1 is 1.16 bits per heavy atom. The monoisotopic (exact) mass is 441 g/mol. The lowest BCUT2D eigenvalue weighted by Crippen LogP contribution is -2.37. The van der Waals surface area contributed by atoms with Gasteiger partial charge in [-0.2, -0.15) is 0 Å². The molecule has 6 nitrogen and oxygen atoms in total. The summed E-state index contributed by atoms with van der Waals surface area (Å²) in [4.78, 5) is 28.3. The molecule has 1 saturated heterocycles. The largest absolute Gasteiger partial charge is 0.493 e. The lowest BCUT2D eigenvalue weighted by atomic mass is 10.1. The van der Waals surface area contributed by atoms with Crippen molar-refractivity contribution in [2.45, 2.75) is 38.5 Å². The predicted octanol–water partition coefficient (Wildman–Crippen LogP) is 4.51. The molecule has 1 unspecified atom stereocenters. The Kier molecular flexibility index (Phi) is 6.83. The van der Waals surface area contributed by atoms with Crippen LogP contribution in [0.1, 0.15) is 38.0 Å². The van der Waals surface area contributed by atoms with Crippen LogP contribution < -0.4 is 4.74 Å². The Hall–Kier alpha value is -2.51. The van der Waals surface area contributed by atoms with E-state index in [-0.39, 0.29) is 17.9 Å². The summed E-state index contributed by atoms with van der Waals surface area (Å²) in [7, 11) is 0. The molecule has 164 valence electrons. The summed E-state index contributed by atoms with van der Waals surface area (Å²) in [6.07, 6.45) is 3.34. The third-order valence-electron chi connectivity index (χ3n) is 5.20. The van der Waals surface area contributed by atoms with Crippen LogP contribution in [0.25, 0.3) is 5.57 Å². The molecule has 0 bridgehead atoms. The molecule has 2 amide bonds. The van der Waals surface area contributed by atoms with Gasteiger partial charge in [-0.1, -0.05) is 26.0 Å². The zero-order chi connectivity index (χ0) is 21.8. The average Bonchev–Trinajstić information content (AvgIpc) is 3.50. The molecule has 31 heavy (non-hydrogen) atoms. The van der Waals surface area contributed by atoms with Gasteiger partial charge in [0.25, 0.3) is 11.8 Å². The highest BCUT2D eigenvalue weighted by Crippen LogP contribution is 2.38. The molecule has 0 N–H and O–H groups in total. The van der Waals surface area contributed by atoms with Gasteiger partial charge in [-0.05, 0) is 48.6 Å². The van der Waals surface area contributed by atoms with Gasteiger partial charge in [0.2, 0.25) is 0 Å². The van der Waals surface area contributed by atoms with Crippen LogP contribution in [0.2, 0.25) is 0 Å². The Morgan fingerprint density at radius 3 is 2.61 bits per heavy atom. The standard InChI is InChI=1S/C24H27NO5S/c1-16(2)14-30-18-9-7-17(8-10-18)21-22(31-15-20-6-4-12-29-20)24(27)25(23(21)26)13-19-5-3-11-28-19/h4,6-10,12,16,19H,3,5,11,13-15H2,1-2H3. The van der Waals surface area contributed by atoms with Crippen LogP contribution in [-0.2, 0) is 20.1 Å². The van der Waals surface area contributed by atoms with Gasteiger partial charge in [0.15, 0.2) is 0 Å². The molecule has 4 rings (SSSR count). The molecule has 1 fully saturated rings. The fourth-order valence-electron chi connectivity index (χ4n) is 3.62. The molecule has 3 heterocycles. The van der Waals surface area contributed by atoms with Crippen molar-refractivity contribution < 1.29 is 23.5 Å². The molecule has 1 aromatic carbocycles. The van der Waals surface area contributed by atoms with E-state index in [4.69, 9.17) is 13.9 Å². The molecule has 1 atom stereocenters. The normalized spacial score (nSPS) is 19.2. The fourth-order valence-corrected chi connectivity index (χ4v) is 4.65. The molecular weight excluding hydrogens is 414 g/mol. The van der Waals surface area contributed by atoms with Crippen molar-refractivity contribution in [2.24, 2.45) is 5.92 Å². The highest BCUT2D eigenvalue weighted by molar-refractivity contribution is 8.03. The summed E-state index contributed by atoms with van der Waals surface area (Å²) in [5, 5.41) is 0. The molecule has 2 aliphatic rings.